The van der Waals surface area contributed by atoms with E-state index in [1.807, 2.05) is 24.3 Å². The number of rotatable bonds is 7. The number of methoxy groups -OCH3 is 1. The maximum Gasteiger partial charge on any atom is 0.213 e. The number of hydrogen-bond donors (Lipinski definition) is 1. The van der Waals surface area contributed by atoms with Gasteiger partial charge in [0.05, 0.1) is 24.9 Å². The lowest BCUT2D eigenvalue weighted by Crippen LogP contribution is -2.29. The van der Waals surface area contributed by atoms with Gasteiger partial charge in [-0.25, -0.2) is 4.98 Å². The Morgan fingerprint density at radius 2 is 1.84 bits per heavy atom. The summed E-state index contributed by atoms with van der Waals surface area (Å²) < 4.78 is 7.01. The lowest BCUT2D eigenvalue weighted by molar-refractivity contribution is 0.399. The Hall–Kier alpha value is -3.51. The van der Waals surface area contributed by atoms with Gasteiger partial charge in [0.2, 0.25) is 5.88 Å². The maximum atomic E-state index is 5.26. The van der Waals surface area contributed by atoms with Crippen molar-refractivity contribution < 1.29 is 4.74 Å². The Kier molecular flexibility index (Phi) is 6.32. The number of nitrogens with one attached hydrogen (secondary N) is 1. The highest BCUT2D eigenvalue weighted by atomic mass is 28.3. The molecule has 32 heavy (non-hydrogen) atoms. The Morgan fingerprint density at radius 3 is 2.59 bits per heavy atom. The molecule has 0 saturated heterocycles. The van der Waals surface area contributed by atoms with Crippen LogP contribution in [-0.2, 0) is 6.54 Å². The van der Waals surface area contributed by atoms with E-state index in [-0.39, 0.29) is 0 Å². The number of fused-ring (bicyclic) bond motifs is 2. The molecule has 0 fully saturated rings. The zero-order valence-corrected chi connectivity index (χ0v) is 19.9. The first-order valence-corrected chi connectivity index (χ1v) is 13.5. The minimum Gasteiger partial charge on any atom is -0.481 e. The molecule has 4 aromatic heterocycles. The quantitative estimate of drug-likeness (QED) is 0.338. The Labute approximate surface area is 188 Å². The van der Waals surface area contributed by atoms with Crippen LogP contribution in [0.4, 0.5) is 5.69 Å². The molecule has 0 aromatic carbocycles. The van der Waals surface area contributed by atoms with Gasteiger partial charge in [0.15, 0.2) is 11.5 Å². The number of hydrogen-bond acceptors (Lipinski definition) is 7. The van der Waals surface area contributed by atoms with Crippen molar-refractivity contribution in [2.45, 2.75) is 45.4 Å². The Balaban J connectivity index is 1.61. The molecular weight excluding hydrogens is 418 g/mol. The third-order valence-electron chi connectivity index (χ3n) is 6.02. The van der Waals surface area contributed by atoms with Gasteiger partial charge < -0.3 is 10.1 Å². The first-order chi connectivity index (χ1) is 15.6. The summed E-state index contributed by atoms with van der Waals surface area (Å²) in [5.41, 5.74) is 7.39. The fourth-order valence-electron chi connectivity index (χ4n) is 3.66. The summed E-state index contributed by atoms with van der Waals surface area (Å²) in [6.07, 6.45) is 1.75. The van der Waals surface area contributed by atoms with Gasteiger partial charge in [-0.05, 0) is 42.4 Å². The number of pyridine rings is 2. The van der Waals surface area contributed by atoms with Crippen molar-refractivity contribution in [2.75, 3.05) is 12.4 Å². The minimum absolute atomic E-state index is 0.431. The second-order valence-corrected chi connectivity index (χ2v) is 12.6. The van der Waals surface area contributed by atoms with E-state index < -0.39 is 8.07 Å². The zero-order valence-electron chi connectivity index (χ0n) is 18.9. The summed E-state index contributed by atoms with van der Waals surface area (Å²) >= 11 is 0. The van der Waals surface area contributed by atoms with Crippen molar-refractivity contribution in [1.82, 2.24) is 29.8 Å². The van der Waals surface area contributed by atoms with Crippen molar-refractivity contribution in [3.05, 3.63) is 48.0 Å². The smallest absolute Gasteiger partial charge is 0.213 e. The van der Waals surface area contributed by atoms with Crippen molar-refractivity contribution in [2.24, 2.45) is 0 Å². The second kappa shape index (κ2) is 9.32. The first kappa shape index (κ1) is 21.7. The van der Waals surface area contributed by atoms with Crippen LogP contribution in [0.1, 0.15) is 32.3 Å². The van der Waals surface area contributed by atoms with E-state index >= 15 is 0 Å². The predicted molar refractivity (Wildman–Crippen MR) is 128 cm³/mol. The molecule has 4 heterocycles. The van der Waals surface area contributed by atoms with E-state index in [1.54, 1.807) is 23.9 Å². The molecule has 4 rings (SSSR count). The third kappa shape index (κ3) is 4.27. The zero-order chi connectivity index (χ0) is 22.6. The van der Waals surface area contributed by atoms with Gasteiger partial charge in [-0.15, -0.1) is 15.7 Å². The van der Waals surface area contributed by atoms with E-state index in [0.717, 1.165) is 40.5 Å². The van der Waals surface area contributed by atoms with Gasteiger partial charge in [-0.2, -0.15) is 9.61 Å². The number of aromatic nitrogens is 6. The second-order valence-electron chi connectivity index (χ2n) is 7.63. The molecule has 0 amide bonds. The molecule has 164 valence electrons. The van der Waals surface area contributed by atoms with Crippen molar-refractivity contribution in [3.8, 4) is 17.3 Å². The van der Waals surface area contributed by atoms with Crippen LogP contribution in [0.3, 0.4) is 0 Å². The average Bonchev–Trinajstić information content (AvgIpc) is 3.25. The molecule has 0 spiro atoms. The maximum absolute atomic E-state index is 5.26. The highest BCUT2D eigenvalue weighted by molar-refractivity contribution is 6.87. The molecule has 0 aliphatic heterocycles. The van der Waals surface area contributed by atoms with E-state index in [2.05, 4.69) is 57.7 Å². The lowest BCUT2D eigenvalue weighted by Gasteiger charge is -2.19. The van der Waals surface area contributed by atoms with Crippen LogP contribution >= 0.6 is 0 Å². The van der Waals surface area contributed by atoms with Gasteiger partial charge in [-0.3, -0.25) is 4.98 Å². The van der Waals surface area contributed by atoms with Gasteiger partial charge in [-0.1, -0.05) is 26.7 Å². The normalized spacial score (nSPS) is 11.4. The summed E-state index contributed by atoms with van der Waals surface area (Å²) in [6, 6.07) is 12.9. The minimum atomic E-state index is -1.54. The fourth-order valence-corrected chi connectivity index (χ4v) is 6.08. The molecule has 0 bridgehead atoms. The van der Waals surface area contributed by atoms with Gasteiger partial charge in [0.1, 0.15) is 19.3 Å². The Bertz CT molecular complexity index is 1300. The summed E-state index contributed by atoms with van der Waals surface area (Å²) in [5, 5.41) is 16.6. The standard InChI is InChI=1S/C23H27N7OSi/c1-5-32(6-2,7-3)15-13-17-8-10-20-27-28-21(30(20)29-17)16-25-19-12-14-24-18-9-11-22(31-4)26-23(18)19/h8-12,14H,5-7,16H2,1-4H3,(H,24,25). The average molecular weight is 446 g/mol. The number of ether oxygens (including phenoxy) is 1. The van der Waals surface area contributed by atoms with Crippen LogP contribution in [-0.4, -0.2) is 45.0 Å². The number of nitrogens with zero attached hydrogens (tertiary/aromatic N) is 6. The van der Waals surface area contributed by atoms with Crippen LogP contribution in [0.5, 0.6) is 5.88 Å². The molecule has 0 unspecified atom stereocenters. The molecule has 8 nitrogen and oxygen atoms in total. The van der Waals surface area contributed by atoms with Gasteiger partial charge >= 0.3 is 0 Å². The fraction of sp³-hybridized carbons (Fsp3) is 0.348. The first-order valence-electron chi connectivity index (χ1n) is 10.9. The molecule has 0 atom stereocenters. The van der Waals surface area contributed by atoms with Crippen molar-refractivity contribution >= 4 is 30.4 Å². The van der Waals surface area contributed by atoms with Crippen LogP contribution in [0, 0.1) is 11.5 Å². The highest BCUT2D eigenvalue weighted by Gasteiger charge is 2.24. The topological polar surface area (TPSA) is 90.1 Å². The van der Waals surface area contributed by atoms with Crippen molar-refractivity contribution in [3.63, 3.8) is 0 Å². The molecule has 9 heteroatoms. The van der Waals surface area contributed by atoms with Gasteiger partial charge in [0, 0.05) is 12.3 Å². The summed E-state index contributed by atoms with van der Waals surface area (Å²) in [7, 11) is 0.0619. The molecule has 0 saturated carbocycles. The summed E-state index contributed by atoms with van der Waals surface area (Å²) in [4.78, 5) is 8.89. The molecular formula is C23H27N7OSi. The SMILES string of the molecule is CC[Si](C#Cc1ccc2nnc(CNc3ccnc4ccc(OC)nc34)n2n1)(CC)CC. The summed E-state index contributed by atoms with van der Waals surface area (Å²) in [6.45, 7) is 7.19. The highest BCUT2D eigenvalue weighted by Crippen LogP contribution is 2.23. The molecule has 0 aliphatic rings. The lowest BCUT2D eigenvalue weighted by atomic mass is 10.3. The van der Waals surface area contributed by atoms with Crippen LogP contribution in [0.15, 0.2) is 36.5 Å². The van der Waals surface area contributed by atoms with E-state index in [9.17, 15) is 0 Å². The van der Waals surface area contributed by atoms with Gasteiger partial charge in [0.25, 0.3) is 0 Å². The van der Waals surface area contributed by atoms with Crippen LogP contribution in [0.25, 0.3) is 16.7 Å². The van der Waals surface area contributed by atoms with E-state index in [4.69, 9.17) is 9.84 Å². The monoisotopic (exact) mass is 445 g/mol. The number of anilines is 1. The third-order valence-corrected chi connectivity index (χ3v) is 10.7. The van der Waals surface area contributed by atoms with E-state index in [0.29, 0.717) is 23.9 Å². The van der Waals surface area contributed by atoms with E-state index in [1.165, 1.54) is 0 Å². The summed E-state index contributed by atoms with van der Waals surface area (Å²) in [5.74, 6) is 4.56. The Morgan fingerprint density at radius 1 is 1.03 bits per heavy atom. The molecule has 4 aromatic rings. The largest absolute Gasteiger partial charge is 0.481 e. The van der Waals surface area contributed by atoms with Crippen LogP contribution in [0.2, 0.25) is 18.1 Å². The van der Waals surface area contributed by atoms with Crippen molar-refractivity contribution in [1.29, 1.82) is 0 Å². The molecule has 0 aliphatic carbocycles. The molecule has 1 N–H and O–H groups in total. The van der Waals surface area contributed by atoms with Crippen LogP contribution < -0.4 is 10.1 Å². The predicted octanol–water partition coefficient (Wildman–Crippen LogP) is 4.09. The molecule has 0 radical (unpaired) electrons.